The molecule has 0 spiro atoms. The molecule has 3 nitrogen and oxygen atoms in total. The van der Waals surface area contributed by atoms with Gasteiger partial charge in [-0.2, -0.15) is 0 Å². The van der Waals surface area contributed by atoms with E-state index in [-0.39, 0.29) is 6.04 Å². The molecule has 4 heteroatoms. The third-order valence-electron chi connectivity index (χ3n) is 3.00. The molecule has 1 atom stereocenters. The topological polar surface area (TPSA) is 34.1 Å². The highest BCUT2D eigenvalue weighted by atomic mass is 35.5. The number of aromatic nitrogens is 1. The fraction of sp³-hybridized carbons (Fsp3) is 0.267. The minimum Gasteiger partial charge on any atom is -0.456 e. The van der Waals surface area contributed by atoms with Gasteiger partial charge in [-0.15, -0.1) is 0 Å². The van der Waals surface area contributed by atoms with Crippen LogP contribution in [0.1, 0.15) is 24.2 Å². The molecular weight excluding hydrogens is 260 g/mol. The molecule has 0 aliphatic rings. The van der Waals surface area contributed by atoms with E-state index < -0.39 is 0 Å². The van der Waals surface area contributed by atoms with Crippen LogP contribution >= 0.6 is 11.6 Å². The van der Waals surface area contributed by atoms with Crippen molar-refractivity contribution < 1.29 is 4.74 Å². The van der Waals surface area contributed by atoms with Crippen LogP contribution in [0.15, 0.2) is 36.5 Å². The Kier molecular flexibility index (Phi) is 4.40. The summed E-state index contributed by atoms with van der Waals surface area (Å²) < 4.78 is 5.74. The van der Waals surface area contributed by atoms with Crippen molar-refractivity contribution in [2.24, 2.45) is 0 Å². The van der Waals surface area contributed by atoms with E-state index in [1.165, 1.54) is 0 Å². The lowest BCUT2D eigenvalue weighted by atomic mass is 10.2. The van der Waals surface area contributed by atoms with Crippen LogP contribution in [0.5, 0.6) is 11.5 Å². The maximum absolute atomic E-state index is 5.98. The molecule has 100 valence electrons. The lowest BCUT2D eigenvalue weighted by Crippen LogP contribution is -2.13. The van der Waals surface area contributed by atoms with Gasteiger partial charge in [0.05, 0.1) is 11.9 Å². The maximum atomic E-state index is 5.98. The van der Waals surface area contributed by atoms with Gasteiger partial charge in [-0.25, -0.2) is 0 Å². The molecule has 0 bridgehead atoms. The molecule has 19 heavy (non-hydrogen) atoms. The first-order valence-electron chi connectivity index (χ1n) is 6.17. The summed E-state index contributed by atoms with van der Waals surface area (Å²) in [5, 5.41) is 3.89. The minimum absolute atomic E-state index is 0.229. The fourth-order valence-electron chi connectivity index (χ4n) is 1.67. The summed E-state index contributed by atoms with van der Waals surface area (Å²) >= 11 is 5.98. The van der Waals surface area contributed by atoms with E-state index in [1.54, 1.807) is 6.20 Å². The Morgan fingerprint density at radius 2 is 1.95 bits per heavy atom. The van der Waals surface area contributed by atoms with Crippen LogP contribution < -0.4 is 10.1 Å². The summed E-state index contributed by atoms with van der Waals surface area (Å²) in [4.78, 5) is 4.37. The molecule has 1 aromatic heterocycles. The molecule has 1 aromatic carbocycles. The highest BCUT2D eigenvalue weighted by Gasteiger charge is 2.05. The van der Waals surface area contributed by atoms with Crippen LogP contribution in [-0.4, -0.2) is 12.0 Å². The monoisotopic (exact) mass is 276 g/mol. The number of benzene rings is 1. The third kappa shape index (κ3) is 3.46. The van der Waals surface area contributed by atoms with E-state index in [2.05, 4.69) is 17.2 Å². The Morgan fingerprint density at radius 1 is 1.21 bits per heavy atom. The lowest BCUT2D eigenvalue weighted by Gasteiger charge is -2.11. The van der Waals surface area contributed by atoms with Crippen LogP contribution in [0.3, 0.4) is 0 Å². The van der Waals surface area contributed by atoms with E-state index in [0.717, 1.165) is 22.0 Å². The summed E-state index contributed by atoms with van der Waals surface area (Å²) in [6.45, 7) is 4.01. The number of hydrogen-bond acceptors (Lipinski definition) is 3. The van der Waals surface area contributed by atoms with Crippen LogP contribution in [0.2, 0.25) is 5.02 Å². The third-order valence-corrected chi connectivity index (χ3v) is 3.43. The van der Waals surface area contributed by atoms with Gasteiger partial charge in [0.25, 0.3) is 0 Å². The van der Waals surface area contributed by atoms with Gasteiger partial charge in [-0.1, -0.05) is 11.6 Å². The number of rotatable bonds is 4. The van der Waals surface area contributed by atoms with Crippen molar-refractivity contribution in [2.45, 2.75) is 19.9 Å². The number of nitrogens with one attached hydrogen (secondary N) is 1. The molecular formula is C15H17ClN2O. The second-order valence-corrected chi connectivity index (χ2v) is 4.85. The molecule has 1 heterocycles. The van der Waals surface area contributed by atoms with Crippen molar-refractivity contribution in [3.63, 3.8) is 0 Å². The second kappa shape index (κ2) is 6.04. The van der Waals surface area contributed by atoms with Gasteiger partial charge < -0.3 is 10.1 Å². The molecule has 2 rings (SSSR count). The summed E-state index contributed by atoms with van der Waals surface area (Å²) in [6.07, 6.45) is 1.73. The predicted octanol–water partition coefficient (Wildman–Crippen LogP) is 4.12. The van der Waals surface area contributed by atoms with Gasteiger partial charge >= 0.3 is 0 Å². The van der Waals surface area contributed by atoms with E-state index in [1.807, 2.05) is 44.3 Å². The highest BCUT2D eigenvalue weighted by Crippen LogP contribution is 2.25. The first kappa shape index (κ1) is 13.8. The number of nitrogens with zero attached hydrogens (tertiary/aromatic N) is 1. The lowest BCUT2D eigenvalue weighted by molar-refractivity contribution is 0.478. The van der Waals surface area contributed by atoms with E-state index in [9.17, 15) is 0 Å². The Balaban J connectivity index is 2.12. The molecule has 1 N–H and O–H groups in total. The molecule has 0 fully saturated rings. The quantitative estimate of drug-likeness (QED) is 0.912. The number of halogens is 1. The summed E-state index contributed by atoms with van der Waals surface area (Å²) in [5.74, 6) is 1.48. The number of aryl methyl sites for hydroxylation is 1. The van der Waals surface area contributed by atoms with Crippen molar-refractivity contribution in [3.8, 4) is 11.5 Å². The number of hydrogen-bond donors (Lipinski definition) is 1. The molecule has 0 saturated carbocycles. The van der Waals surface area contributed by atoms with Gasteiger partial charge in [-0.05, 0) is 56.8 Å². The first-order valence-corrected chi connectivity index (χ1v) is 6.55. The fourth-order valence-corrected chi connectivity index (χ4v) is 1.79. The zero-order chi connectivity index (χ0) is 13.8. The van der Waals surface area contributed by atoms with E-state index in [0.29, 0.717) is 5.75 Å². The van der Waals surface area contributed by atoms with Gasteiger partial charge in [-0.3, -0.25) is 4.98 Å². The molecule has 1 unspecified atom stereocenters. The van der Waals surface area contributed by atoms with Crippen LogP contribution in [0.4, 0.5) is 0 Å². The summed E-state index contributed by atoms with van der Waals surface area (Å²) in [6, 6.07) is 9.69. The Hall–Kier alpha value is -1.58. The predicted molar refractivity (Wildman–Crippen MR) is 78.0 cm³/mol. The Labute approximate surface area is 118 Å². The average molecular weight is 277 g/mol. The normalized spacial score (nSPS) is 12.2. The molecule has 0 aliphatic carbocycles. The zero-order valence-corrected chi connectivity index (χ0v) is 12.0. The first-order chi connectivity index (χ1) is 9.10. The number of pyridine rings is 1. The van der Waals surface area contributed by atoms with Crippen molar-refractivity contribution in [1.29, 1.82) is 0 Å². The van der Waals surface area contributed by atoms with Crippen molar-refractivity contribution in [3.05, 3.63) is 52.8 Å². The molecule has 0 saturated heterocycles. The smallest absolute Gasteiger partial charge is 0.145 e. The molecule has 0 amide bonds. The second-order valence-electron chi connectivity index (χ2n) is 4.44. The summed E-state index contributed by atoms with van der Waals surface area (Å²) in [7, 11) is 1.91. The standard InChI is InChI=1S/C15H17ClN2O/c1-10-8-12(4-6-14(10)16)19-13-5-7-15(18-9-13)11(2)17-3/h4-9,11,17H,1-3H3. The van der Waals surface area contributed by atoms with Crippen LogP contribution in [0, 0.1) is 6.92 Å². The molecule has 0 aliphatic heterocycles. The average Bonchev–Trinajstić information content (AvgIpc) is 2.43. The Bertz CT molecular complexity index is 555. The summed E-state index contributed by atoms with van der Waals surface area (Å²) in [5.41, 5.74) is 1.98. The molecule has 0 radical (unpaired) electrons. The zero-order valence-electron chi connectivity index (χ0n) is 11.3. The van der Waals surface area contributed by atoms with Gasteiger partial charge in [0.1, 0.15) is 11.5 Å². The van der Waals surface area contributed by atoms with Gasteiger partial charge in [0.15, 0.2) is 0 Å². The van der Waals surface area contributed by atoms with Gasteiger partial charge in [0, 0.05) is 11.1 Å². The Morgan fingerprint density at radius 3 is 2.53 bits per heavy atom. The SMILES string of the molecule is CNC(C)c1ccc(Oc2ccc(Cl)c(C)c2)cn1. The van der Waals surface area contributed by atoms with Crippen molar-refractivity contribution in [2.75, 3.05) is 7.05 Å². The van der Waals surface area contributed by atoms with Crippen molar-refractivity contribution in [1.82, 2.24) is 10.3 Å². The highest BCUT2D eigenvalue weighted by molar-refractivity contribution is 6.31. The van der Waals surface area contributed by atoms with Gasteiger partial charge in [0.2, 0.25) is 0 Å². The molecule has 2 aromatic rings. The minimum atomic E-state index is 0.229. The van der Waals surface area contributed by atoms with Crippen LogP contribution in [-0.2, 0) is 0 Å². The van der Waals surface area contributed by atoms with E-state index >= 15 is 0 Å². The van der Waals surface area contributed by atoms with Crippen molar-refractivity contribution >= 4 is 11.6 Å². The van der Waals surface area contributed by atoms with E-state index in [4.69, 9.17) is 16.3 Å². The van der Waals surface area contributed by atoms with Crippen LogP contribution in [0.25, 0.3) is 0 Å². The number of ether oxygens (including phenoxy) is 1. The largest absolute Gasteiger partial charge is 0.456 e. The maximum Gasteiger partial charge on any atom is 0.145 e.